The standard InChI is InChI=1S/C29H35N11O/c1-19-8-14-41-29-22(17-32-38(29)4)28-30-9-7-25(34-28)33-26-15-24-21(16-31-26)27(35-40(19)24)23-6-5-20(37(23)3)18-39-12-10-36(2)11-13-39/h5-7,9,15-17,19H,8,10-14,18H2,1-4H3,(H,30,31,33,34)/t19-/m0/s1. The van der Waals surface area contributed by atoms with Crippen molar-refractivity contribution in [3.05, 3.63) is 48.5 Å². The van der Waals surface area contributed by atoms with Gasteiger partial charge < -0.3 is 19.5 Å². The number of hydrogen-bond donors (Lipinski definition) is 1. The zero-order valence-corrected chi connectivity index (χ0v) is 23.9. The van der Waals surface area contributed by atoms with E-state index in [0.717, 1.165) is 67.0 Å². The Morgan fingerprint density at radius 3 is 2.71 bits per heavy atom. The van der Waals surface area contributed by atoms with Crippen LogP contribution in [0.1, 0.15) is 25.1 Å². The highest BCUT2D eigenvalue weighted by atomic mass is 16.5. The number of rotatable bonds is 3. The second-order valence-corrected chi connectivity index (χ2v) is 11.1. The van der Waals surface area contributed by atoms with E-state index in [9.17, 15) is 0 Å². The number of fused-ring (bicyclic) bond motifs is 5. The van der Waals surface area contributed by atoms with Crippen LogP contribution in [0.2, 0.25) is 0 Å². The van der Waals surface area contributed by atoms with E-state index >= 15 is 0 Å². The molecule has 1 N–H and O–H groups in total. The maximum atomic E-state index is 6.25. The topological polar surface area (TPSA) is 107 Å². The average molecular weight is 554 g/mol. The molecule has 2 aliphatic rings. The van der Waals surface area contributed by atoms with E-state index in [0.29, 0.717) is 29.9 Å². The predicted octanol–water partition coefficient (Wildman–Crippen LogP) is 3.46. The Kier molecular flexibility index (Phi) is 6.43. The fourth-order valence-corrected chi connectivity index (χ4v) is 5.70. The van der Waals surface area contributed by atoms with Gasteiger partial charge in [0.15, 0.2) is 5.82 Å². The highest BCUT2D eigenvalue weighted by Gasteiger charge is 2.23. The summed E-state index contributed by atoms with van der Waals surface area (Å²) in [6, 6.07) is 8.38. The Morgan fingerprint density at radius 2 is 1.85 bits per heavy atom. The number of aryl methyl sites for hydroxylation is 1. The summed E-state index contributed by atoms with van der Waals surface area (Å²) < 4.78 is 12.4. The zero-order valence-electron chi connectivity index (χ0n) is 23.9. The maximum Gasteiger partial charge on any atom is 0.222 e. The van der Waals surface area contributed by atoms with E-state index in [2.05, 4.69) is 73.7 Å². The van der Waals surface area contributed by atoms with Crippen molar-refractivity contribution in [3.8, 4) is 28.7 Å². The monoisotopic (exact) mass is 553 g/mol. The Bertz CT molecular complexity index is 1710. The highest BCUT2D eigenvalue weighted by Crippen LogP contribution is 2.34. The van der Waals surface area contributed by atoms with Crippen molar-refractivity contribution in [3.63, 3.8) is 0 Å². The molecule has 0 radical (unpaired) electrons. The third-order valence-corrected chi connectivity index (χ3v) is 8.27. The first-order valence-electron chi connectivity index (χ1n) is 14.1. The minimum atomic E-state index is 0.0836. The van der Waals surface area contributed by atoms with Gasteiger partial charge in [-0.2, -0.15) is 10.2 Å². The van der Waals surface area contributed by atoms with Gasteiger partial charge in [-0.3, -0.25) is 9.58 Å². The number of likely N-dealkylation sites (N-methyl/N-ethyl adjacent to an activating group) is 1. The lowest BCUT2D eigenvalue weighted by Gasteiger charge is -2.32. The number of nitrogens with one attached hydrogen (secondary N) is 1. The molecule has 0 unspecified atom stereocenters. The molecule has 41 heavy (non-hydrogen) atoms. The number of hydrogen-bond acceptors (Lipinski definition) is 9. The molecule has 5 aromatic heterocycles. The first kappa shape index (κ1) is 25.7. The van der Waals surface area contributed by atoms with E-state index < -0.39 is 0 Å². The number of piperazine rings is 1. The molecule has 7 heterocycles. The molecule has 0 aliphatic carbocycles. The molecular formula is C29H35N11O. The summed E-state index contributed by atoms with van der Waals surface area (Å²) in [7, 11) is 6.19. The number of nitrogens with zero attached hydrogens (tertiary/aromatic N) is 10. The lowest BCUT2D eigenvalue weighted by atomic mass is 10.2. The SMILES string of the molecule is C[C@H]1CCOc2c(cnn2C)-c2nccc(n2)Nc2cc3c(cn2)c(-c2ccc(CN4CCN(C)CC4)n2C)nn31. The van der Waals surface area contributed by atoms with Crippen LogP contribution in [-0.4, -0.2) is 88.7 Å². The summed E-state index contributed by atoms with van der Waals surface area (Å²) in [5.74, 6) is 2.53. The summed E-state index contributed by atoms with van der Waals surface area (Å²) in [4.78, 5) is 18.9. The number of pyridine rings is 1. The molecule has 5 aromatic rings. The van der Waals surface area contributed by atoms with Crippen LogP contribution in [-0.2, 0) is 20.6 Å². The summed E-state index contributed by atoms with van der Waals surface area (Å²) >= 11 is 0. The Morgan fingerprint density at radius 1 is 1.00 bits per heavy atom. The van der Waals surface area contributed by atoms with Crippen molar-refractivity contribution in [2.45, 2.75) is 25.9 Å². The van der Waals surface area contributed by atoms with E-state index in [1.807, 2.05) is 19.3 Å². The second-order valence-electron chi connectivity index (χ2n) is 11.1. The molecule has 2 aliphatic heterocycles. The molecule has 1 saturated heterocycles. The fourth-order valence-electron chi connectivity index (χ4n) is 5.70. The summed E-state index contributed by atoms with van der Waals surface area (Å²) in [6.45, 7) is 7.99. The third-order valence-electron chi connectivity index (χ3n) is 8.27. The van der Waals surface area contributed by atoms with Gasteiger partial charge in [-0.1, -0.05) is 0 Å². The van der Waals surface area contributed by atoms with Gasteiger partial charge in [0.1, 0.15) is 22.9 Å². The molecule has 212 valence electrons. The molecule has 7 rings (SSSR count). The van der Waals surface area contributed by atoms with E-state index in [-0.39, 0.29) is 6.04 Å². The first-order valence-corrected chi connectivity index (χ1v) is 14.1. The quantitative estimate of drug-likeness (QED) is 0.359. The van der Waals surface area contributed by atoms with Gasteiger partial charge in [-0.25, -0.2) is 19.6 Å². The van der Waals surface area contributed by atoms with Gasteiger partial charge in [-0.15, -0.1) is 0 Å². The van der Waals surface area contributed by atoms with Crippen molar-refractivity contribution in [1.29, 1.82) is 0 Å². The second kappa shape index (κ2) is 10.3. The molecule has 1 atom stereocenters. The minimum Gasteiger partial charge on any atom is -0.477 e. The summed E-state index contributed by atoms with van der Waals surface area (Å²) in [6.07, 6.45) is 6.14. The van der Waals surface area contributed by atoms with Gasteiger partial charge in [0.05, 0.1) is 30.1 Å². The number of aromatic nitrogens is 8. The van der Waals surface area contributed by atoms with Crippen LogP contribution in [0.4, 0.5) is 11.6 Å². The fraction of sp³-hybridized carbons (Fsp3) is 0.414. The highest BCUT2D eigenvalue weighted by molar-refractivity contribution is 5.93. The van der Waals surface area contributed by atoms with E-state index in [1.165, 1.54) is 5.69 Å². The minimum absolute atomic E-state index is 0.0836. The van der Waals surface area contributed by atoms with E-state index in [4.69, 9.17) is 19.8 Å². The van der Waals surface area contributed by atoms with Crippen molar-refractivity contribution in [1.82, 2.24) is 48.9 Å². The molecule has 0 aromatic carbocycles. The molecule has 4 bridgehead atoms. The Hall–Kier alpha value is -4.29. The third kappa shape index (κ3) is 4.72. The molecule has 12 heteroatoms. The van der Waals surface area contributed by atoms with Crippen molar-refractivity contribution >= 4 is 22.5 Å². The smallest absolute Gasteiger partial charge is 0.222 e. The van der Waals surface area contributed by atoms with Crippen LogP contribution in [0.25, 0.3) is 33.7 Å². The molecule has 0 amide bonds. The average Bonchev–Trinajstić information content (AvgIpc) is 3.64. The number of ether oxygens (including phenoxy) is 1. The maximum absolute atomic E-state index is 6.25. The van der Waals surface area contributed by atoms with Crippen LogP contribution in [0, 0.1) is 0 Å². The normalized spacial score (nSPS) is 18.2. The van der Waals surface area contributed by atoms with Gasteiger partial charge in [0.25, 0.3) is 0 Å². The van der Waals surface area contributed by atoms with Crippen LogP contribution in [0.15, 0.2) is 42.9 Å². The Balaban J connectivity index is 1.27. The van der Waals surface area contributed by atoms with E-state index in [1.54, 1.807) is 17.1 Å². The Labute approximate surface area is 238 Å². The lowest BCUT2D eigenvalue weighted by molar-refractivity contribution is 0.146. The van der Waals surface area contributed by atoms with Gasteiger partial charge in [-0.05, 0) is 32.2 Å². The van der Waals surface area contributed by atoms with Crippen LogP contribution < -0.4 is 10.1 Å². The van der Waals surface area contributed by atoms with Gasteiger partial charge in [0.2, 0.25) is 5.88 Å². The van der Waals surface area contributed by atoms with Crippen LogP contribution >= 0.6 is 0 Å². The van der Waals surface area contributed by atoms with Crippen molar-refractivity contribution < 1.29 is 4.74 Å². The molecule has 0 spiro atoms. The van der Waals surface area contributed by atoms with Crippen molar-refractivity contribution in [2.24, 2.45) is 14.1 Å². The summed E-state index contributed by atoms with van der Waals surface area (Å²) in [5, 5.41) is 14.0. The molecule has 1 fully saturated rings. The summed E-state index contributed by atoms with van der Waals surface area (Å²) in [5.41, 5.74) is 5.06. The molecule has 12 nitrogen and oxygen atoms in total. The van der Waals surface area contributed by atoms with Crippen LogP contribution in [0.5, 0.6) is 5.88 Å². The molecule has 0 saturated carbocycles. The largest absolute Gasteiger partial charge is 0.477 e. The van der Waals surface area contributed by atoms with Gasteiger partial charge in [0, 0.05) is 82.8 Å². The predicted molar refractivity (Wildman–Crippen MR) is 157 cm³/mol. The number of anilines is 2. The lowest BCUT2D eigenvalue weighted by Crippen LogP contribution is -2.44. The van der Waals surface area contributed by atoms with Crippen molar-refractivity contribution in [2.75, 3.05) is 45.2 Å². The van der Waals surface area contributed by atoms with Gasteiger partial charge >= 0.3 is 0 Å². The first-order chi connectivity index (χ1) is 19.9. The van der Waals surface area contributed by atoms with Crippen LogP contribution in [0.3, 0.4) is 0 Å². The molecular weight excluding hydrogens is 518 g/mol. The zero-order chi connectivity index (χ0) is 28.1.